The van der Waals surface area contributed by atoms with Gasteiger partial charge in [0.1, 0.15) is 0 Å². The van der Waals surface area contributed by atoms with Gasteiger partial charge in [0.15, 0.2) is 0 Å². The van der Waals surface area contributed by atoms with Crippen LogP contribution in [0.2, 0.25) is 0 Å². The van der Waals surface area contributed by atoms with E-state index in [1.807, 2.05) is 0 Å². The first-order valence-electron chi connectivity index (χ1n) is 8.00. The lowest BCUT2D eigenvalue weighted by Crippen LogP contribution is -2.45. The number of fused-ring (bicyclic) bond motifs is 2. The van der Waals surface area contributed by atoms with E-state index in [9.17, 15) is 0 Å². The van der Waals surface area contributed by atoms with Crippen LogP contribution >= 0.6 is 0 Å². The Hall–Kier alpha value is -1.64. The SMILES string of the molecule is NNC(Cc1ccc2c(c1)CCC2)C1Cc2ccccc21. The Balaban J connectivity index is 1.53. The molecule has 2 aliphatic rings. The van der Waals surface area contributed by atoms with Crippen molar-refractivity contribution in [3.05, 3.63) is 70.3 Å². The standard InChI is InChI=1S/C19H22N2/c20-21-19(18-12-16-4-1-2-7-17(16)18)11-13-8-9-14-5-3-6-15(14)10-13/h1-2,4,7-10,18-19,21H,3,5-6,11-12,20H2. The second-order valence-corrected chi connectivity index (χ2v) is 6.44. The quantitative estimate of drug-likeness (QED) is 0.666. The molecule has 0 saturated heterocycles. The van der Waals surface area contributed by atoms with E-state index in [1.165, 1.54) is 36.0 Å². The molecule has 0 aromatic heterocycles. The Morgan fingerprint density at radius 2 is 1.90 bits per heavy atom. The van der Waals surface area contributed by atoms with Gasteiger partial charge in [-0.05, 0) is 59.9 Å². The fourth-order valence-electron chi connectivity index (χ4n) is 3.98. The number of nitrogens with one attached hydrogen (secondary N) is 1. The predicted molar refractivity (Wildman–Crippen MR) is 86.2 cm³/mol. The van der Waals surface area contributed by atoms with Crippen molar-refractivity contribution in [2.24, 2.45) is 5.84 Å². The summed E-state index contributed by atoms with van der Waals surface area (Å²) >= 11 is 0. The summed E-state index contributed by atoms with van der Waals surface area (Å²) in [7, 11) is 0. The normalized spacial score (nSPS) is 20.5. The van der Waals surface area contributed by atoms with Gasteiger partial charge >= 0.3 is 0 Å². The second-order valence-electron chi connectivity index (χ2n) is 6.44. The average Bonchev–Trinajstić information content (AvgIpc) is 2.95. The number of hydrazine groups is 1. The monoisotopic (exact) mass is 278 g/mol. The van der Waals surface area contributed by atoms with Crippen LogP contribution in [-0.4, -0.2) is 6.04 Å². The Labute approximate surface area is 126 Å². The summed E-state index contributed by atoms with van der Waals surface area (Å²) in [5, 5.41) is 0. The molecular formula is C19H22N2. The van der Waals surface area contributed by atoms with E-state index in [0.29, 0.717) is 12.0 Å². The Morgan fingerprint density at radius 1 is 1.05 bits per heavy atom. The lowest BCUT2D eigenvalue weighted by Gasteiger charge is -2.36. The molecule has 2 aromatic carbocycles. The molecule has 0 fully saturated rings. The molecule has 0 radical (unpaired) electrons. The number of hydrogen-bond acceptors (Lipinski definition) is 2. The third kappa shape index (κ3) is 2.29. The van der Waals surface area contributed by atoms with E-state index in [-0.39, 0.29) is 0 Å². The maximum Gasteiger partial charge on any atom is 0.0322 e. The van der Waals surface area contributed by atoms with Crippen molar-refractivity contribution in [2.75, 3.05) is 0 Å². The zero-order chi connectivity index (χ0) is 14.2. The van der Waals surface area contributed by atoms with Crippen LogP contribution in [0.3, 0.4) is 0 Å². The average molecular weight is 278 g/mol. The molecule has 0 bridgehead atoms. The van der Waals surface area contributed by atoms with Crippen LogP contribution in [0.4, 0.5) is 0 Å². The Kier molecular flexibility index (Phi) is 3.28. The highest BCUT2D eigenvalue weighted by molar-refractivity contribution is 5.42. The molecule has 2 aliphatic carbocycles. The topological polar surface area (TPSA) is 38.0 Å². The number of benzene rings is 2. The molecule has 2 unspecified atom stereocenters. The van der Waals surface area contributed by atoms with E-state index >= 15 is 0 Å². The molecule has 2 nitrogen and oxygen atoms in total. The molecule has 0 amide bonds. The van der Waals surface area contributed by atoms with Gasteiger partial charge in [0.05, 0.1) is 0 Å². The molecule has 2 aromatic rings. The van der Waals surface area contributed by atoms with Crippen molar-refractivity contribution >= 4 is 0 Å². The maximum absolute atomic E-state index is 5.85. The summed E-state index contributed by atoms with van der Waals surface area (Å²) in [6, 6.07) is 16.1. The largest absolute Gasteiger partial charge is 0.271 e. The molecule has 3 N–H and O–H groups in total. The van der Waals surface area contributed by atoms with Crippen molar-refractivity contribution in [1.82, 2.24) is 5.43 Å². The van der Waals surface area contributed by atoms with Crippen molar-refractivity contribution in [3.63, 3.8) is 0 Å². The summed E-state index contributed by atoms with van der Waals surface area (Å²) in [6.45, 7) is 0. The first-order chi connectivity index (χ1) is 10.3. The highest BCUT2D eigenvalue weighted by atomic mass is 15.2. The van der Waals surface area contributed by atoms with Crippen molar-refractivity contribution in [2.45, 2.75) is 44.1 Å². The first-order valence-corrected chi connectivity index (χ1v) is 8.00. The Bertz CT molecular complexity index is 662. The highest BCUT2D eigenvalue weighted by Crippen LogP contribution is 2.38. The highest BCUT2D eigenvalue weighted by Gasteiger charge is 2.32. The minimum Gasteiger partial charge on any atom is -0.271 e. The zero-order valence-electron chi connectivity index (χ0n) is 12.3. The summed E-state index contributed by atoms with van der Waals surface area (Å²) < 4.78 is 0. The van der Waals surface area contributed by atoms with Gasteiger partial charge < -0.3 is 0 Å². The van der Waals surface area contributed by atoms with Crippen molar-refractivity contribution < 1.29 is 0 Å². The fourth-order valence-corrected chi connectivity index (χ4v) is 3.98. The van der Waals surface area contributed by atoms with Crippen LogP contribution in [0, 0.1) is 0 Å². The van der Waals surface area contributed by atoms with Gasteiger partial charge in [-0.15, -0.1) is 0 Å². The molecule has 108 valence electrons. The first kappa shape index (κ1) is 13.1. The van der Waals surface area contributed by atoms with E-state index < -0.39 is 0 Å². The van der Waals surface area contributed by atoms with E-state index in [0.717, 1.165) is 12.8 Å². The molecule has 0 aliphatic heterocycles. The minimum atomic E-state index is 0.333. The minimum absolute atomic E-state index is 0.333. The number of rotatable bonds is 4. The molecule has 0 saturated carbocycles. The molecule has 0 heterocycles. The van der Waals surface area contributed by atoms with E-state index in [1.54, 1.807) is 11.1 Å². The number of aryl methyl sites for hydroxylation is 2. The molecule has 21 heavy (non-hydrogen) atoms. The van der Waals surface area contributed by atoms with Crippen LogP contribution in [-0.2, 0) is 25.7 Å². The van der Waals surface area contributed by atoms with Gasteiger partial charge in [0.2, 0.25) is 0 Å². The van der Waals surface area contributed by atoms with Gasteiger partial charge in [-0.25, -0.2) is 0 Å². The van der Waals surface area contributed by atoms with Gasteiger partial charge in [-0.3, -0.25) is 11.3 Å². The molecule has 2 atom stereocenters. The zero-order valence-corrected chi connectivity index (χ0v) is 12.3. The second kappa shape index (κ2) is 5.28. The van der Waals surface area contributed by atoms with Crippen LogP contribution in [0.5, 0.6) is 0 Å². The summed E-state index contributed by atoms with van der Waals surface area (Å²) in [5.74, 6) is 6.41. The predicted octanol–water partition coefficient (Wildman–Crippen LogP) is 2.89. The smallest absolute Gasteiger partial charge is 0.0322 e. The summed E-state index contributed by atoms with van der Waals surface area (Å²) in [4.78, 5) is 0. The maximum atomic E-state index is 5.85. The molecule has 2 heteroatoms. The van der Waals surface area contributed by atoms with Crippen LogP contribution in [0.1, 0.15) is 40.2 Å². The summed E-state index contributed by atoms with van der Waals surface area (Å²) in [5.41, 5.74) is 10.5. The lowest BCUT2D eigenvalue weighted by atomic mass is 9.72. The van der Waals surface area contributed by atoms with Crippen molar-refractivity contribution in [3.8, 4) is 0 Å². The number of hydrogen-bond donors (Lipinski definition) is 2. The number of nitrogens with two attached hydrogens (primary N) is 1. The van der Waals surface area contributed by atoms with Gasteiger partial charge in [0.25, 0.3) is 0 Å². The fraction of sp³-hybridized carbons (Fsp3) is 0.368. The molecular weight excluding hydrogens is 256 g/mol. The van der Waals surface area contributed by atoms with Crippen LogP contribution in [0.25, 0.3) is 0 Å². The van der Waals surface area contributed by atoms with Gasteiger partial charge in [0, 0.05) is 12.0 Å². The van der Waals surface area contributed by atoms with E-state index in [2.05, 4.69) is 47.9 Å². The van der Waals surface area contributed by atoms with Gasteiger partial charge in [-0.2, -0.15) is 0 Å². The van der Waals surface area contributed by atoms with Crippen molar-refractivity contribution in [1.29, 1.82) is 0 Å². The van der Waals surface area contributed by atoms with E-state index in [4.69, 9.17) is 5.84 Å². The lowest BCUT2D eigenvalue weighted by molar-refractivity contribution is 0.404. The van der Waals surface area contributed by atoms with Crippen LogP contribution in [0.15, 0.2) is 42.5 Å². The van der Waals surface area contributed by atoms with Gasteiger partial charge in [-0.1, -0.05) is 42.5 Å². The van der Waals surface area contributed by atoms with Crippen LogP contribution < -0.4 is 11.3 Å². The Morgan fingerprint density at radius 3 is 2.76 bits per heavy atom. The third-order valence-corrected chi connectivity index (χ3v) is 5.21. The third-order valence-electron chi connectivity index (χ3n) is 5.21. The summed E-state index contributed by atoms with van der Waals surface area (Å²) in [6.07, 6.45) is 5.98. The molecule has 4 rings (SSSR count). The molecule has 0 spiro atoms.